The van der Waals surface area contributed by atoms with Crippen LogP contribution in [0.4, 0.5) is 0 Å². The van der Waals surface area contributed by atoms with Crippen LogP contribution in [0.2, 0.25) is 0 Å². The Labute approximate surface area is 128 Å². The molecule has 0 aromatic carbocycles. The Hall–Kier alpha value is -0.680. The summed E-state index contributed by atoms with van der Waals surface area (Å²) in [6, 6.07) is 0. The second-order valence-corrected chi connectivity index (χ2v) is 6.38. The van der Waals surface area contributed by atoms with Gasteiger partial charge in [-0.3, -0.25) is 4.79 Å². The molecule has 2 N–H and O–H groups in total. The van der Waals surface area contributed by atoms with Crippen LogP contribution in [-0.2, 0) is 4.79 Å². The minimum atomic E-state index is 0.192. The molecule has 0 aromatic rings. The van der Waals surface area contributed by atoms with Gasteiger partial charge in [-0.15, -0.1) is 0 Å². The number of carbonyl (C=O) groups excluding carboxylic acids is 1. The molecule has 1 heterocycles. The number of hydrogen-bond donors (Lipinski definition) is 1. The lowest BCUT2D eigenvalue weighted by atomic mass is 9.92. The van der Waals surface area contributed by atoms with Gasteiger partial charge in [0.15, 0.2) is 0 Å². The molecule has 0 unspecified atom stereocenters. The lowest BCUT2D eigenvalue weighted by Crippen LogP contribution is -2.37. The smallest absolute Gasteiger partial charge is 0.223 e. The van der Waals surface area contributed by atoms with Crippen molar-refractivity contribution in [1.82, 2.24) is 9.80 Å². The number of amides is 1. The van der Waals surface area contributed by atoms with Gasteiger partial charge in [-0.05, 0) is 31.8 Å². The molecule has 4 nitrogen and oxygen atoms in total. The molecule has 1 aliphatic heterocycles. The molecule has 0 spiro atoms. The Morgan fingerprint density at radius 1 is 1.35 bits per heavy atom. The third kappa shape index (κ3) is 6.66. The van der Waals surface area contributed by atoms with Crippen molar-refractivity contribution in [3.8, 4) is 0 Å². The highest BCUT2D eigenvalue weighted by Gasteiger charge is 2.19. The van der Waals surface area contributed by atoms with E-state index < -0.39 is 0 Å². The molecule has 116 valence electrons. The molecule has 20 heavy (non-hydrogen) atoms. The first-order chi connectivity index (χ1) is 9.52. The Kier molecular flexibility index (Phi) is 8.07. The lowest BCUT2D eigenvalue weighted by Gasteiger charge is -2.32. The third-order valence-corrected chi connectivity index (χ3v) is 4.37. The summed E-state index contributed by atoms with van der Waals surface area (Å²) in [6.45, 7) is 6.07. The Morgan fingerprint density at radius 3 is 2.55 bits per heavy atom. The van der Waals surface area contributed by atoms with Crippen LogP contribution in [0.5, 0.6) is 0 Å². The van der Waals surface area contributed by atoms with E-state index in [0.29, 0.717) is 24.4 Å². The van der Waals surface area contributed by atoms with E-state index in [1.54, 1.807) is 4.90 Å². The van der Waals surface area contributed by atoms with Crippen molar-refractivity contribution in [3.05, 3.63) is 0 Å². The summed E-state index contributed by atoms with van der Waals surface area (Å²) in [6.07, 6.45) is 6.44. The van der Waals surface area contributed by atoms with Gasteiger partial charge in [-0.25, -0.2) is 0 Å². The molecule has 0 saturated carbocycles. The Balaban J connectivity index is 2.17. The summed E-state index contributed by atoms with van der Waals surface area (Å²) in [5, 5.41) is 0. The maximum absolute atomic E-state index is 12.0. The normalized spacial score (nSPS) is 17.1. The molecular formula is C15H29N3OS. The summed E-state index contributed by atoms with van der Waals surface area (Å²) < 4.78 is 0. The van der Waals surface area contributed by atoms with Gasteiger partial charge in [0.25, 0.3) is 0 Å². The van der Waals surface area contributed by atoms with Gasteiger partial charge in [0.2, 0.25) is 5.91 Å². The maximum Gasteiger partial charge on any atom is 0.223 e. The fraction of sp³-hybridized carbons (Fsp3) is 0.867. The van der Waals surface area contributed by atoms with Crippen LogP contribution in [0.1, 0.15) is 45.4 Å². The zero-order chi connectivity index (χ0) is 15.0. The van der Waals surface area contributed by atoms with E-state index in [1.807, 2.05) is 7.05 Å². The maximum atomic E-state index is 12.0. The fourth-order valence-electron chi connectivity index (χ4n) is 2.75. The zero-order valence-corrected chi connectivity index (χ0v) is 13.8. The van der Waals surface area contributed by atoms with Crippen molar-refractivity contribution in [2.45, 2.75) is 45.4 Å². The van der Waals surface area contributed by atoms with E-state index in [1.165, 1.54) is 25.7 Å². The number of carbonyl (C=O) groups is 1. The van der Waals surface area contributed by atoms with Gasteiger partial charge >= 0.3 is 0 Å². The second-order valence-electron chi connectivity index (χ2n) is 5.86. The van der Waals surface area contributed by atoms with Crippen LogP contribution in [0.3, 0.4) is 0 Å². The first-order valence-corrected chi connectivity index (χ1v) is 8.18. The molecule has 0 aliphatic carbocycles. The summed E-state index contributed by atoms with van der Waals surface area (Å²) in [5.41, 5.74) is 5.45. The van der Waals surface area contributed by atoms with Gasteiger partial charge in [-0.1, -0.05) is 32.0 Å². The number of likely N-dealkylation sites (tertiary alicyclic amines) is 1. The van der Waals surface area contributed by atoms with Gasteiger partial charge in [-0.2, -0.15) is 0 Å². The first-order valence-electron chi connectivity index (χ1n) is 7.77. The number of nitrogens with two attached hydrogens (primary N) is 1. The average molecular weight is 299 g/mol. The monoisotopic (exact) mass is 299 g/mol. The van der Waals surface area contributed by atoms with E-state index in [-0.39, 0.29) is 5.91 Å². The topological polar surface area (TPSA) is 49.6 Å². The van der Waals surface area contributed by atoms with Crippen molar-refractivity contribution >= 4 is 23.1 Å². The fourth-order valence-corrected chi connectivity index (χ4v) is 2.85. The standard InChI is InChI=1S/C15H29N3OS/c1-3-4-13-5-10-18(11-6-13)12-8-15(19)17(2)9-7-14(16)20/h13H,3-12H2,1-2H3,(H2,16,20). The van der Waals surface area contributed by atoms with Gasteiger partial charge in [0.1, 0.15) is 0 Å². The Bertz CT molecular complexity index is 314. The molecule has 1 amide bonds. The molecule has 1 saturated heterocycles. The second kappa shape index (κ2) is 9.29. The molecule has 0 atom stereocenters. The molecular weight excluding hydrogens is 270 g/mol. The van der Waals surface area contributed by atoms with Crippen molar-refractivity contribution < 1.29 is 4.79 Å². The van der Waals surface area contributed by atoms with Gasteiger partial charge in [0, 0.05) is 33.0 Å². The Morgan fingerprint density at radius 2 is 2.00 bits per heavy atom. The van der Waals surface area contributed by atoms with Crippen LogP contribution in [0.25, 0.3) is 0 Å². The third-order valence-electron chi connectivity index (χ3n) is 4.17. The predicted molar refractivity (Wildman–Crippen MR) is 87.7 cm³/mol. The average Bonchev–Trinajstić information content (AvgIpc) is 2.44. The predicted octanol–water partition coefficient (Wildman–Crippen LogP) is 2.02. The van der Waals surface area contributed by atoms with E-state index in [4.69, 9.17) is 18.0 Å². The summed E-state index contributed by atoms with van der Waals surface area (Å²) >= 11 is 4.83. The summed E-state index contributed by atoms with van der Waals surface area (Å²) in [5.74, 6) is 1.09. The highest BCUT2D eigenvalue weighted by Crippen LogP contribution is 2.21. The SMILES string of the molecule is CCCC1CCN(CCC(=O)N(C)CCC(N)=S)CC1. The molecule has 5 heteroatoms. The molecule has 1 rings (SSSR count). The highest BCUT2D eigenvalue weighted by atomic mass is 32.1. The van der Waals surface area contributed by atoms with E-state index in [0.717, 1.165) is 25.6 Å². The largest absolute Gasteiger partial charge is 0.393 e. The lowest BCUT2D eigenvalue weighted by molar-refractivity contribution is -0.130. The minimum absolute atomic E-state index is 0.192. The van der Waals surface area contributed by atoms with Crippen LogP contribution in [0.15, 0.2) is 0 Å². The van der Waals surface area contributed by atoms with E-state index >= 15 is 0 Å². The molecule has 0 bridgehead atoms. The number of piperidine rings is 1. The number of nitrogens with zero attached hydrogens (tertiary/aromatic N) is 2. The van der Waals surface area contributed by atoms with Crippen LogP contribution < -0.4 is 5.73 Å². The number of rotatable bonds is 8. The molecule has 1 fully saturated rings. The van der Waals surface area contributed by atoms with Crippen LogP contribution in [0, 0.1) is 5.92 Å². The zero-order valence-electron chi connectivity index (χ0n) is 12.9. The highest BCUT2D eigenvalue weighted by molar-refractivity contribution is 7.80. The van der Waals surface area contributed by atoms with Crippen molar-refractivity contribution in [3.63, 3.8) is 0 Å². The summed E-state index contributed by atoms with van der Waals surface area (Å²) in [7, 11) is 1.83. The number of thiocarbonyl (C=S) groups is 1. The molecule has 0 aromatic heterocycles. The van der Waals surface area contributed by atoms with Crippen molar-refractivity contribution in [1.29, 1.82) is 0 Å². The van der Waals surface area contributed by atoms with Gasteiger partial charge in [0.05, 0.1) is 4.99 Å². The van der Waals surface area contributed by atoms with E-state index in [9.17, 15) is 4.79 Å². The van der Waals surface area contributed by atoms with Gasteiger partial charge < -0.3 is 15.5 Å². The quantitative estimate of drug-likeness (QED) is 0.697. The summed E-state index contributed by atoms with van der Waals surface area (Å²) in [4.78, 5) is 16.6. The van der Waals surface area contributed by atoms with Crippen molar-refractivity contribution in [2.24, 2.45) is 11.7 Å². The van der Waals surface area contributed by atoms with Crippen LogP contribution >= 0.6 is 12.2 Å². The first kappa shape index (κ1) is 17.4. The minimum Gasteiger partial charge on any atom is -0.393 e. The van der Waals surface area contributed by atoms with E-state index in [2.05, 4.69) is 11.8 Å². The molecule has 1 aliphatic rings. The number of hydrogen-bond acceptors (Lipinski definition) is 3. The van der Waals surface area contributed by atoms with Crippen molar-refractivity contribution in [2.75, 3.05) is 33.2 Å². The van der Waals surface area contributed by atoms with Crippen LogP contribution in [-0.4, -0.2) is 53.9 Å². The molecule has 0 radical (unpaired) electrons.